The molecule has 90 valence electrons. The molecule has 4 nitrogen and oxygen atoms in total. The van der Waals surface area contributed by atoms with E-state index in [0.29, 0.717) is 0 Å². The minimum absolute atomic E-state index is 0.157. The Morgan fingerprint density at radius 2 is 1.78 bits per heavy atom. The van der Waals surface area contributed by atoms with Gasteiger partial charge in [0.25, 0.3) is 0 Å². The van der Waals surface area contributed by atoms with Crippen LogP contribution >= 0.6 is 0 Å². The summed E-state index contributed by atoms with van der Waals surface area (Å²) < 4.78 is 2.09. The molecule has 0 bridgehead atoms. The molecule has 0 aliphatic carbocycles. The summed E-state index contributed by atoms with van der Waals surface area (Å²) in [5.41, 5.74) is 1.03. The number of hydrogen-bond donors (Lipinski definition) is 1. The van der Waals surface area contributed by atoms with E-state index in [9.17, 15) is 0 Å². The second-order valence-electron chi connectivity index (χ2n) is 4.22. The topological polar surface area (TPSA) is 46.5 Å². The molecular formula is C14H14N4. The van der Waals surface area contributed by atoms with Crippen molar-refractivity contribution in [2.75, 3.05) is 0 Å². The van der Waals surface area contributed by atoms with Crippen molar-refractivity contribution in [3.63, 3.8) is 0 Å². The Balaban J connectivity index is 1.90. The van der Waals surface area contributed by atoms with Gasteiger partial charge in [-0.2, -0.15) is 5.10 Å². The van der Waals surface area contributed by atoms with Crippen molar-refractivity contribution in [1.82, 2.24) is 19.7 Å². The van der Waals surface area contributed by atoms with Gasteiger partial charge in [-0.3, -0.25) is 5.10 Å². The van der Waals surface area contributed by atoms with Crippen LogP contribution in [0.4, 0.5) is 0 Å². The number of aromatic amines is 1. The van der Waals surface area contributed by atoms with Gasteiger partial charge in [0.2, 0.25) is 0 Å². The van der Waals surface area contributed by atoms with Crippen LogP contribution in [0.1, 0.15) is 18.8 Å². The summed E-state index contributed by atoms with van der Waals surface area (Å²) >= 11 is 0. The van der Waals surface area contributed by atoms with Crippen molar-refractivity contribution in [3.05, 3.63) is 60.7 Å². The summed E-state index contributed by atoms with van der Waals surface area (Å²) in [6.07, 6.45) is 4.05. The summed E-state index contributed by atoms with van der Waals surface area (Å²) in [5.74, 6) is 1.61. The van der Waals surface area contributed by atoms with E-state index in [1.807, 2.05) is 54.9 Å². The zero-order chi connectivity index (χ0) is 12.4. The van der Waals surface area contributed by atoms with Crippen LogP contribution in [0.2, 0.25) is 0 Å². The Kier molecular flexibility index (Phi) is 2.68. The van der Waals surface area contributed by atoms with E-state index in [2.05, 4.69) is 26.7 Å². The largest absolute Gasteiger partial charge is 0.344 e. The first kappa shape index (κ1) is 10.8. The van der Waals surface area contributed by atoms with Crippen LogP contribution in [0.3, 0.4) is 0 Å². The molecule has 3 rings (SSSR count). The number of nitrogens with zero attached hydrogens (tertiary/aromatic N) is 3. The van der Waals surface area contributed by atoms with Crippen LogP contribution in [-0.4, -0.2) is 19.7 Å². The van der Waals surface area contributed by atoms with Gasteiger partial charge >= 0.3 is 0 Å². The molecule has 0 fully saturated rings. The minimum Gasteiger partial charge on any atom is -0.344 e. The SMILES string of the molecule is CC(c1nc(-c2ccccc2)n[nH]1)n1cccc1. The van der Waals surface area contributed by atoms with Crippen LogP contribution < -0.4 is 0 Å². The Hall–Kier alpha value is -2.36. The predicted octanol–water partition coefficient (Wildman–Crippen LogP) is 2.88. The zero-order valence-corrected chi connectivity index (χ0v) is 10.1. The standard InChI is InChI=1S/C14H14N4/c1-11(18-9-5-6-10-18)13-15-14(17-16-13)12-7-3-2-4-8-12/h2-11H,1H3,(H,15,16,17). The quantitative estimate of drug-likeness (QED) is 0.762. The van der Waals surface area contributed by atoms with Gasteiger partial charge in [0.1, 0.15) is 5.82 Å². The molecule has 1 aromatic carbocycles. The van der Waals surface area contributed by atoms with Crippen LogP contribution in [0, 0.1) is 0 Å². The molecule has 0 spiro atoms. The second kappa shape index (κ2) is 4.49. The fourth-order valence-electron chi connectivity index (χ4n) is 1.92. The van der Waals surface area contributed by atoms with Gasteiger partial charge in [-0.1, -0.05) is 30.3 Å². The summed E-state index contributed by atoms with van der Waals surface area (Å²) in [5, 5.41) is 7.28. The summed E-state index contributed by atoms with van der Waals surface area (Å²) in [4.78, 5) is 4.55. The first-order chi connectivity index (χ1) is 8.84. The Morgan fingerprint density at radius 3 is 2.50 bits per heavy atom. The van der Waals surface area contributed by atoms with E-state index in [4.69, 9.17) is 0 Å². The van der Waals surface area contributed by atoms with Crippen molar-refractivity contribution in [1.29, 1.82) is 0 Å². The fourth-order valence-corrected chi connectivity index (χ4v) is 1.92. The third-order valence-electron chi connectivity index (χ3n) is 3.01. The zero-order valence-electron chi connectivity index (χ0n) is 10.1. The molecule has 1 atom stereocenters. The summed E-state index contributed by atoms with van der Waals surface area (Å²) in [6, 6.07) is 14.1. The number of hydrogen-bond acceptors (Lipinski definition) is 2. The third kappa shape index (κ3) is 1.93. The van der Waals surface area contributed by atoms with Gasteiger partial charge in [0.05, 0.1) is 6.04 Å². The van der Waals surface area contributed by atoms with Gasteiger partial charge in [-0.05, 0) is 19.1 Å². The average molecular weight is 238 g/mol. The number of H-pyrrole nitrogens is 1. The lowest BCUT2D eigenvalue weighted by Gasteiger charge is -2.09. The molecular weight excluding hydrogens is 224 g/mol. The molecule has 0 aliphatic rings. The average Bonchev–Trinajstić information content (AvgIpc) is 3.10. The third-order valence-corrected chi connectivity index (χ3v) is 3.01. The van der Waals surface area contributed by atoms with Gasteiger partial charge in [-0.15, -0.1) is 0 Å². The number of rotatable bonds is 3. The fraction of sp³-hybridized carbons (Fsp3) is 0.143. The molecule has 3 aromatic rings. The van der Waals surface area contributed by atoms with E-state index < -0.39 is 0 Å². The monoisotopic (exact) mass is 238 g/mol. The number of aromatic nitrogens is 4. The first-order valence-corrected chi connectivity index (χ1v) is 5.95. The van der Waals surface area contributed by atoms with Crippen LogP contribution in [0.25, 0.3) is 11.4 Å². The molecule has 0 saturated carbocycles. The highest BCUT2D eigenvalue weighted by Gasteiger charge is 2.12. The molecule has 4 heteroatoms. The highest BCUT2D eigenvalue weighted by molar-refractivity contribution is 5.53. The maximum Gasteiger partial charge on any atom is 0.181 e. The molecule has 2 aromatic heterocycles. The first-order valence-electron chi connectivity index (χ1n) is 5.95. The van der Waals surface area contributed by atoms with Crippen molar-refractivity contribution in [3.8, 4) is 11.4 Å². The molecule has 18 heavy (non-hydrogen) atoms. The second-order valence-corrected chi connectivity index (χ2v) is 4.22. The lowest BCUT2D eigenvalue weighted by molar-refractivity contribution is 0.605. The lowest BCUT2D eigenvalue weighted by Crippen LogP contribution is -2.05. The lowest BCUT2D eigenvalue weighted by atomic mass is 10.2. The Morgan fingerprint density at radius 1 is 1.06 bits per heavy atom. The normalized spacial score (nSPS) is 12.5. The van der Waals surface area contributed by atoms with Crippen molar-refractivity contribution >= 4 is 0 Å². The maximum absolute atomic E-state index is 4.55. The highest BCUT2D eigenvalue weighted by atomic mass is 15.2. The molecule has 2 heterocycles. The molecule has 0 saturated heterocycles. The smallest absolute Gasteiger partial charge is 0.181 e. The van der Waals surface area contributed by atoms with E-state index in [-0.39, 0.29) is 6.04 Å². The number of benzene rings is 1. The van der Waals surface area contributed by atoms with Crippen LogP contribution in [0.5, 0.6) is 0 Å². The molecule has 0 amide bonds. The van der Waals surface area contributed by atoms with Crippen LogP contribution in [0.15, 0.2) is 54.9 Å². The predicted molar refractivity (Wildman–Crippen MR) is 70.1 cm³/mol. The van der Waals surface area contributed by atoms with Crippen molar-refractivity contribution < 1.29 is 0 Å². The van der Waals surface area contributed by atoms with Gasteiger partial charge in [0.15, 0.2) is 5.82 Å². The van der Waals surface area contributed by atoms with E-state index >= 15 is 0 Å². The highest BCUT2D eigenvalue weighted by Crippen LogP contribution is 2.18. The van der Waals surface area contributed by atoms with E-state index in [1.165, 1.54) is 0 Å². The molecule has 1 unspecified atom stereocenters. The maximum atomic E-state index is 4.55. The Labute approximate surface area is 105 Å². The molecule has 0 aliphatic heterocycles. The number of nitrogens with one attached hydrogen (secondary N) is 1. The van der Waals surface area contributed by atoms with Gasteiger partial charge in [-0.25, -0.2) is 4.98 Å². The van der Waals surface area contributed by atoms with Gasteiger partial charge in [0, 0.05) is 18.0 Å². The minimum atomic E-state index is 0.157. The van der Waals surface area contributed by atoms with E-state index in [1.54, 1.807) is 0 Å². The summed E-state index contributed by atoms with van der Waals surface area (Å²) in [6.45, 7) is 2.09. The van der Waals surface area contributed by atoms with Crippen molar-refractivity contribution in [2.45, 2.75) is 13.0 Å². The molecule has 1 N–H and O–H groups in total. The van der Waals surface area contributed by atoms with E-state index in [0.717, 1.165) is 17.2 Å². The summed E-state index contributed by atoms with van der Waals surface area (Å²) in [7, 11) is 0. The Bertz CT molecular complexity index is 610. The van der Waals surface area contributed by atoms with Crippen LogP contribution in [-0.2, 0) is 0 Å². The molecule has 0 radical (unpaired) electrons. The van der Waals surface area contributed by atoms with Gasteiger partial charge < -0.3 is 4.57 Å². The van der Waals surface area contributed by atoms with Crippen molar-refractivity contribution in [2.24, 2.45) is 0 Å².